The van der Waals surface area contributed by atoms with E-state index >= 15 is 0 Å². The number of nitrogens with one attached hydrogen (secondary N) is 1. The number of ether oxygens (including phenoxy) is 2. The molecule has 7 nitrogen and oxygen atoms in total. The highest BCUT2D eigenvalue weighted by Crippen LogP contribution is 2.21. The Labute approximate surface area is 152 Å². The zero-order valence-corrected chi connectivity index (χ0v) is 15.5. The second-order valence-electron chi connectivity index (χ2n) is 6.24. The summed E-state index contributed by atoms with van der Waals surface area (Å²) in [6.45, 7) is 5.38. The molecule has 0 aliphatic rings. The van der Waals surface area contributed by atoms with Gasteiger partial charge in [0.1, 0.15) is 11.4 Å². The third-order valence-electron chi connectivity index (χ3n) is 3.87. The van der Waals surface area contributed by atoms with Crippen LogP contribution in [0.15, 0.2) is 40.9 Å². The van der Waals surface area contributed by atoms with Gasteiger partial charge in [-0.05, 0) is 44.0 Å². The smallest absolute Gasteiger partial charge is 0.376 e. The van der Waals surface area contributed by atoms with Gasteiger partial charge < -0.3 is 19.3 Å². The molecule has 0 saturated carbocycles. The van der Waals surface area contributed by atoms with Crippen molar-refractivity contribution in [3.05, 3.63) is 53.4 Å². The summed E-state index contributed by atoms with van der Waals surface area (Å²) in [6.07, 6.45) is 1.50. The van der Waals surface area contributed by atoms with Crippen molar-refractivity contribution in [2.45, 2.75) is 26.3 Å². The van der Waals surface area contributed by atoms with Crippen LogP contribution in [0.1, 0.15) is 42.6 Å². The fourth-order valence-corrected chi connectivity index (χ4v) is 2.31. The van der Waals surface area contributed by atoms with Gasteiger partial charge in [0.25, 0.3) is 0 Å². The summed E-state index contributed by atoms with van der Waals surface area (Å²) < 4.78 is 14.7. The predicted molar refractivity (Wildman–Crippen MR) is 95.7 cm³/mol. The van der Waals surface area contributed by atoms with Crippen LogP contribution in [0.25, 0.3) is 5.57 Å². The third kappa shape index (κ3) is 4.50. The van der Waals surface area contributed by atoms with E-state index in [1.54, 1.807) is 21.0 Å². The Hall–Kier alpha value is -3.09. The lowest BCUT2D eigenvalue weighted by Crippen LogP contribution is -2.40. The van der Waals surface area contributed by atoms with Gasteiger partial charge in [-0.2, -0.15) is 0 Å². The highest BCUT2D eigenvalue weighted by atomic mass is 16.5. The summed E-state index contributed by atoms with van der Waals surface area (Å²) in [4.78, 5) is 23.8. The normalized spacial score (nSPS) is 11.8. The molecule has 1 heterocycles. The van der Waals surface area contributed by atoms with E-state index in [0.29, 0.717) is 5.69 Å². The molecule has 0 radical (unpaired) electrons. The minimum atomic E-state index is -0.830. The number of benzene rings is 1. The van der Waals surface area contributed by atoms with Crippen LogP contribution in [0.4, 0.5) is 0 Å². The van der Waals surface area contributed by atoms with E-state index in [2.05, 4.69) is 15.2 Å². The van der Waals surface area contributed by atoms with Crippen LogP contribution >= 0.6 is 0 Å². The van der Waals surface area contributed by atoms with Gasteiger partial charge in [-0.15, -0.1) is 0 Å². The van der Waals surface area contributed by atoms with Crippen LogP contribution in [0.2, 0.25) is 0 Å². The van der Waals surface area contributed by atoms with Crippen LogP contribution in [-0.4, -0.2) is 31.3 Å². The van der Waals surface area contributed by atoms with Gasteiger partial charge in [0.15, 0.2) is 0 Å². The molecule has 0 unspecified atom stereocenters. The van der Waals surface area contributed by atoms with Crippen molar-refractivity contribution < 1.29 is 23.6 Å². The van der Waals surface area contributed by atoms with E-state index in [-0.39, 0.29) is 11.7 Å². The predicted octanol–water partition coefficient (Wildman–Crippen LogP) is 2.92. The number of rotatable bonds is 6. The summed E-state index contributed by atoms with van der Waals surface area (Å²) in [6, 6.07) is 8.87. The number of hydrogen-bond donors (Lipinski definition) is 1. The quantitative estimate of drug-likeness (QED) is 0.631. The molecule has 0 aliphatic heterocycles. The molecule has 0 fully saturated rings. The lowest BCUT2D eigenvalue weighted by Gasteiger charge is -2.22. The largest absolute Gasteiger partial charge is 0.497 e. The maximum atomic E-state index is 12.4. The molecule has 2 rings (SSSR count). The molecule has 138 valence electrons. The summed E-state index contributed by atoms with van der Waals surface area (Å²) in [5, 5.41) is 6.69. The van der Waals surface area contributed by atoms with Crippen molar-refractivity contribution in [2.24, 2.45) is 0 Å². The van der Waals surface area contributed by atoms with Gasteiger partial charge in [0.2, 0.25) is 11.7 Å². The van der Waals surface area contributed by atoms with E-state index < -0.39 is 11.5 Å². The van der Waals surface area contributed by atoms with Gasteiger partial charge in [-0.1, -0.05) is 17.3 Å². The Morgan fingerprint density at radius 3 is 2.42 bits per heavy atom. The lowest BCUT2D eigenvalue weighted by molar-refractivity contribution is -0.118. The molecule has 1 N–H and O–H groups in total. The summed E-state index contributed by atoms with van der Waals surface area (Å²) in [7, 11) is 2.85. The Morgan fingerprint density at radius 2 is 1.85 bits per heavy atom. The molecule has 0 saturated heterocycles. The van der Waals surface area contributed by atoms with Gasteiger partial charge in [-0.25, -0.2) is 4.79 Å². The molecule has 7 heteroatoms. The fraction of sp³-hybridized carbons (Fsp3) is 0.316. The average molecular weight is 358 g/mol. The number of aromatic nitrogens is 1. The van der Waals surface area contributed by atoms with Crippen LogP contribution in [0.3, 0.4) is 0 Å². The molecular weight excluding hydrogens is 336 g/mol. The zero-order chi connectivity index (χ0) is 19.3. The second kappa shape index (κ2) is 7.86. The number of allylic oxidation sites excluding steroid dienone is 1. The SMILES string of the molecule is COC(=O)c1cc(C(C)(C)NC(=O)C=C(C)c2ccc(OC)cc2)no1. The van der Waals surface area contributed by atoms with Crippen LogP contribution in [0, 0.1) is 0 Å². The van der Waals surface area contributed by atoms with E-state index in [0.717, 1.165) is 16.9 Å². The molecule has 1 aromatic carbocycles. The molecule has 26 heavy (non-hydrogen) atoms. The van der Waals surface area contributed by atoms with Gasteiger partial charge in [-0.3, -0.25) is 4.79 Å². The Kier molecular flexibility index (Phi) is 5.82. The molecule has 2 aromatic rings. The minimum absolute atomic E-state index is 0.0187. The van der Waals surface area contributed by atoms with Crippen molar-refractivity contribution in [3.63, 3.8) is 0 Å². The topological polar surface area (TPSA) is 90.7 Å². The molecule has 0 bridgehead atoms. The van der Waals surface area contributed by atoms with Gasteiger partial charge >= 0.3 is 5.97 Å². The van der Waals surface area contributed by atoms with E-state index in [1.807, 2.05) is 31.2 Å². The van der Waals surface area contributed by atoms with Gasteiger partial charge in [0, 0.05) is 12.1 Å². The molecule has 1 amide bonds. The highest BCUT2D eigenvalue weighted by Gasteiger charge is 2.28. The van der Waals surface area contributed by atoms with Crippen LogP contribution in [0.5, 0.6) is 5.75 Å². The standard InChI is InChI=1S/C19H22N2O5/c1-12(13-6-8-14(24-4)9-7-13)10-17(22)20-19(2,3)16-11-15(26-21-16)18(23)25-5/h6-11H,1-5H3,(H,20,22). The van der Waals surface area contributed by atoms with Crippen molar-refractivity contribution in [1.29, 1.82) is 0 Å². The first-order chi connectivity index (χ1) is 12.3. The highest BCUT2D eigenvalue weighted by molar-refractivity contribution is 5.95. The van der Waals surface area contributed by atoms with Crippen LogP contribution < -0.4 is 10.1 Å². The first-order valence-corrected chi connectivity index (χ1v) is 7.97. The number of nitrogens with zero attached hydrogens (tertiary/aromatic N) is 1. The minimum Gasteiger partial charge on any atom is -0.497 e. The van der Waals surface area contributed by atoms with E-state index in [1.165, 1.54) is 19.3 Å². The first kappa shape index (κ1) is 19.2. The third-order valence-corrected chi connectivity index (χ3v) is 3.87. The molecule has 0 atom stereocenters. The monoisotopic (exact) mass is 358 g/mol. The summed E-state index contributed by atoms with van der Waals surface area (Å²) in [5.41, 5.74) is 1.30. The van der Waals surface area contributed by atoms with Crippen molar-refractivity contribution in [2.75, 3.05) is 14.2 Å². The summed E-state index contributed by atoms with van der Waals surface area (Å²) in [5.74, 6) is -0.179. The maximum Gasteiger partial charge on any atom is 0.376 e. The van der Waals surface area contributed by atoms with Crippen LogP contribution in [-0.2, 0) is 15.1 Å². The van der Waals surface area contributed by atoms with Gasteiger partial charge in [0.05, 0.1) is 19.8 Å². The Bertz CT molecular complexity index is 819. The second-order valence-corrected chi connectivity index (χ2v) is 6.24. The summed E-state index contributed by atoms with van der Waals surface area (Å²) >= 11 is 0. The number of hydrogen-bond acceptors (Lipinski definition) is 6. The van der Waals surface area contributed by atoms with Crippen molar-refractivity contribution in [3.8, 4) is 5.75 Å². The molecule has 0 spiro atoms. The molecule has 1 aromatic heterocycles. The Balaban J connectivity index is 2.11. The van der Waals surface area contributed by atoms with E-state index in [9.17, 15) is 9.59 Å². The van der Waals surface area contributed by atoms with Crippen molar-refractivity contribution >= 4 is 17.4 Å². The number of carbonyl (C=O) groups excluding carboxylic acids is 2. The lowest BCUT2D eigenvalue weighted by atomic mass is 10.00. The number of methoxy groups -OCH3 is 2. The van der Waals surface area contributed by atoms with Crippen molar-refractivity contribution in [1.82, 2.24) is 10.5 Å². The molecular formula is C19H22N2O5. The number of esters is 1. The molecule has 0 aliphatic carbocycles. The zero-order valence-electron chi connectivity index (χ0n) is 15.5. The Morgan fingerprint density at radius 1 is 1.19 bits per heavy atom. The van der Waals surface area contributed by atoms with E-state index in [4.69, 9.17) is 9.26 Å². The number of amides is 1. The maximum absolute atomic E-state index is 12.4. The first-order valence-electron chi connectivity index (χ1n) is 7.97. The number of carbonyl (C=O) groups is 2. The fourth-order valence-electron chi connectivity index (χ4n) is 2.31. The average Bonchev–Trinajstić information content (AvgIpc) is 3.11.